The molecule has 0 saturated heterocycles. The summed E-state index contributed by atoms with van der Waals surface area (Å²) in [7, 11) is 0. The third-order valence-corrected chi connectivity index (χ3v) is 3.42. The van der Waals surface area contributed by atoms with Crippen LogP contribution in [0.25, 0.3) is 10.2 Å². The van der Waals surface area contributed by atoms with Crippen LogP contribution in [0.5, 0.6) is 0 Å². The Hall–Kier alpha value is -2.08. The minimum absolute atomic E-state index is 0.632. The predicted octanol–water partition coefficient (Wildman–Crippen LogP) is 2.40. The number of hydrogen-bond donors (Lipinski definition) is 1. The lowest BCUT2D eigenvalue weighted by Crippen LogP contribution is -2.04. The molecular formula is C12H11N5S. The van der Waals surface area contributed by atoms with Gasteiger partial charge in [-0.3, -0.25) is 0 Å². The van der Waals surface area contributed by atoms with Gasteiger partial charge in [-0.2, -0.15) is 0 Å². The van der Waals surface area contributed by atoms with Crippen molar-refractivity contribution in [1.29, 1.82) is 0 Å². The van der Waals surface area contributed by atoms with Gasteiger partial charge in [-0.15, -0.1) is 11.3 Å². The van der Waals surface area contributed by atoms with Crippen molar-refractivity contribution in [1.82, 2.24) is 19.9 Å². The average molecular weight is 257 g/mol. The minimum atomic E-state index is 0.632. The average Bonchev–Trinajstić information content (AvgIpc) is 2.85. The fraction of sp³-hybridized carbons (Fsp3) is 0.167. The van der Waals surface area contributed by atoms with E-state index in [0.717, 1.165) is 27.6 Å². The SMILES string of the molecule is Cc1nccc(CNc2ncnc3ccsc23)n1. The van der Waals surface area contributed by atoms with Crippen LogP contribution in [0.3, 0.4) is 0 Å². The highest BCUT2D eigenvalue weighted by molar-refractivity contribution is 7.17. The quantitative estimate of drug-likeness (QED) is 0.780. The van der Waals surface area contributed by atoms with Gasteiger partial charge in [0.05, 0.1) is 22.5 Å². The molecule has 0 unspecified atom stereocenters. The second-order valence-electron chi connectivity index (χ2n) is 3.81. The molecule has 3 aromatic rings. The Morgan fingerprint density at radius 2 is 2.17 bits per heavy atom. The van der Waals surface area contributed by atoms with Crippen molar-refractivity contribution in [3.05, 3.63) is 41.6 Å². The maximum atomic E-state index is 4.34. The number of anilines is 1. The van der Waals surface area contributed by atoms with E-state index in [4.69, 9.17) is 0 Å². The number of aryl methyl sites for hydroxylation is 1. The predicted molar refractivity (Wildman–Crippen MR) is 71.5 cm³/mol. The van der Waals surface area contributed by atoms with Gasteiger partial charge in [-0.1, -0.05) is 0 Å². The molecule has 0 aliphatic carbocycles. The zero-order valence-electron chi connectivity index (χ0n) is 9.79. The highest BCUT2D eigenvalue weighted by Crippen LogP contribution is 2.24. The smallest absolute Gasteiger partial charge is 0.147 e. The van der Waals surface area contributed by atoms with Gasteiger partial charge in [0, 0.05) is 6.20 Å². The fourth-order valence-electron chi connectivity index (χ4n) is 1.69. The zero-order valence-corrected chi connectivity index (χ0v) is 10.6. The third kappa shape index (κ3) is 2.14. The maximum absolute atomic E-state index is 4.34. The van der Waals surface area contributed by atoms with Gasteiger partial charge in [-0.25, -0.2) is 19.9 Å². The molecule has 5 nitrogen and oxygen atoms in total. The standard InChI is InChI=1S/C12H11N5S/c1-8-13-4-2-9(17-8)6-14-12-11-10(3-5-18-11)15-7-16-12/h2-5,7H,6H2,1H3,(H,14,15,16). The molecule has 90 valence electrons. The monoisotopic (exact) mass is 257 g/mol. The Labute approximate surface area is 108 Å². The maximum Gasteiger partial charge on any atom is 0.147 e. The summed E-state index contributed by atoms with van der Waals surface area (Å²) in [5.74, 6) is 1.63. The van der Waals surface area contributed by atoms with Gasteiger partial charge >= 0.3 is 0 Å². The second-order valence-corrected chi connectivity index (χ2v) is 4.72. The first kappa shape index (κ1) is 11.0. The van der Waals surface area contributed by atoms with Crippen molar-refractivity contribution in [3.63, 3.8) is 0 Å². The Morgan fingerprint density at radius 3 is 3.06 bits per heavy atom. The Balaban J connectivity index is 1.83. The first-order valence-electron chi connectivity index (χ1n) is 5.53. The van der Waals surface area contributed by atoms with Gasteiger partial charge in [0.2, 0.25) is 0 Å². The van der Waals surface area contributed by atoms with Gasteiger partial charge < -0.3 is 5.32 Å². The molecule has 0 aliphatic heterocycles. The van der Waals surface area contributed by atoms with Crippen molar-refractivity contribution >= 4 is 27.4 Å². The minimum Gasteiger partial charge on any atom is -0.363 e. The van der Waals surface area contributed by atoms with Crippen LogP contribution in [-0.2, 0) is 6.54 Å². The largest absolute Gasteiger partial charge is 0.363 e. The Kier molecular flexibility index (Phi) is 2.85. The second kappa shape index (κ2) is 4.66. The molecule has 18 heavy (non-hydrogen) atoms. The van der Waals surface area contributed by atoms with Crippen LogP contribution in [0.2, 0.25) is 0 Å². The van der Waals surface area contributed by atoms with Gasteiger partial charge in [-0.05, 0) is 24.4 Å². The topological polar surface area (TPSA) is 63.6 Å². The molecule has 0 atom stereocenters. The number of aromatic nitrogens is 4. The molecule has 3 aromatic heterocycles. The summed E-state index contributed by atoms with van der Waals surface area (Å²) in [5, 5.41) is 5.30. The molecule has 0 aromatic carbocycles. The van der Waals surface area contributed by atoms with E-state index < -0.39 is 0 Å². The number of thiophene rings is 1. The van der Waals surface area contributed by atoms with E-state index in [1.54, 1.807) is 23.9 Å². The summed E-state index contributed by atoms with van der Waals surface area (Å²) >= 11 is 1.63. The summed E-state index contributed by atoms with van der Waals surface area (Å²) in [6.07, 6.45) is 3.34. The van der Waals surface area contributed by atoms with E-state index in [9.17, 15) is 0 Å². The zero-order chi connectivity index (χ0) is 12.4. The number of fused-ring (bicyclic) bond motifs is 1. The number of nitrogens with zero attached hydrogens (tertiary/aromatic N) is 4. The van der Waals surface area contributed by atoms with Gasteiger partial charge in [0.15, 0.2) is 0 Å². The molecule has 0 saturated carbocycles. The van der Waals surface area contributed by atoms with Crippen LogP contribution in [0.1, 0.15) is 11.5 Å². The van der Waals surface area contributed by atoms with Crippen LogP contribution in [-0.4, -0.2) is 19.9 Å². The Morgan fingerprint density at radius 1 is 1.22 bits per heavy atom. The van der Waals surface area contributed by atoms with E-state index in [-0.39, 0.29) is 0 Å². The molecule has 3 heterocycles. The summed E-state index contributed by atoms with van der Waals surface area (Å²) in [4.78, 5) is 16.9. The van der Waals surface area contributed by atoms with Crippen molar-refractivity contribution in [2.45, 2.75) is 13.5 Å². The molecular weight excluding hydrogens is 246 g/mol. The normalized spacial score (nSPS) is 10.7. The molecule has 0 amide bonds. The number of nitrogens with one attached hydrogen (secondary N) is 1. The molecule has 0 radical (unpaired) electrons. The summed E-state index contributed by atoms with van der Waals surface area (Å²) < 4.78 is 1.07. The fourth-order valence-corrected chi connectivity index (χ4v) is 2.50. The van der Waals surface area contributed by atoms with E-state index in [2.05, 4.69) is 25.3 Å². The molecule has 0 fully saturated rings. The lowest BCUT2D eigenvalue weighted by Gasteiger charge is -2.05. The Bertz CT molecular complexity index is 679. The molecule has 3 rings (SSSR count). The molecule has 0 aliphatic rings. The van der Waals surface area contributed by atoms with Crippen molar-refractivity contribution in [2.24, 2.45) is 0 Å². The van der Waals surface area contributed by atoms with Crippen LogP contribution < -0.4 is 5.32 Å². The summed E-state index contributed by atoms with van der Waals surface area (Å²) in [5.41, 5.74) is 1.92. The lowest BCUT2D eigenvalue weighted by atomic mass is 10.4. The van der Waals surface area contributed by atoms with Crippen LogP contribution in [0.4, 0.5) is 5.82 Å². The number of hydrogen-bond acceptors (Lipinski definition) is 6. The van der Waals surface area contributed by atoms with Crippen LogP contribution in [0.15, 0.2) is 30.0 Å². The first-order chi connectivity index (χ1) is 8.83. The molecule has 0 bridgehead atoms. The van der Waals surface area contributed by atoms with Crippen molar-refractivity contribution < 1.29 is 0 Å². The first-order valence-corrected chi connectivity index (χ1v) is 6.41. The van der Waals surface area contributed by atoms with E-state index in [1.807, 2.05) is 24.4 Å². The third-order valence-electron chi connectivity index (χ3n) is 2.51. The van der Waals surface area contributed by atoms with Crippen LogP contribution in [0, 0.1) is 6.92 Å². The number of rotatable bonds is 3. The lowest BCUT2D eigenvalue weighted by molar-refractivity contribution is 0.950. The molecule has 0 spiro atoms. The highest BCUT2D eigenvalue weighted by atomic mass is 32.1. The summed E-state index contributed by atoms with van der Waals surface area (Å²) in [6.45, 7) is 2.51. The highest BCUT2D eigenvalue weighted by Gasteiger charge is 2.04. The summed E-state index contributed by atoms with van der Waals surface area (Å²) in [6, 6.07) is 3.88. The van der Waals surface area contributed by atoms with E-state index in [0.29, 0.717) is 6.54 Å². The molecule has 6 heteroatoms. The molecule has 1 N–H and O–H groups in total. The van der Waals surface area contributed by atoms with E-state index >= 15 is 0 Å². The van der Waals surface area contributed by atoms with Gasteiger partial charge in [0.1, 0.15) is 18.0 Å². The van der Waals surface area contributed by atoms with Crippen molar-refractivity contribution in [2.75, 3.05) is 5.32 Å². The van der Waals surface area contributed by atoms with Crippen molar-refractivity contribution in [3.8, 4) is 0 Å². The van der Waals surface area contributed by atoms with Crippen LogP contribution >= 0.6 is 11.3 Å². The van der Waals surface area contributed by atoms with Gasteiger partial charge in [0.25, 0.3) is 0 Å². The van der Waals surface area contributed by atoms with E-state index in [1.165, 1.54) is 0 Å².